The highest BCUT2D eigenvalue weighted by molar-refractivity contribution is 5.86. The van der Waals surface area contributed by atoms with Gasteiger partial charge in [-0.15, -0.1) is 0 Å². The van der Waals surface area contributed by atoms with Gasteiger partial charge in [-0.2, -0.15) is 0 Å². The van der Waals surface area contributed by atoms with Gasteiger partial charge in [0, 0.05) is 11.6 Å². The summed E-state index contributed by atoms with van der Waals surface area (Å²) in [5.41, 5.74) is 0.634. The average molecular weight is 277 g/mol. The molecule has 1 N–H and O–H groups in total. The molecule has 0 amide bonds. The minimum absolute atomic E-state index is 0.243. The van der Waals surface area contributed by atoms with E-state index in [4.69, 9.17) is 9.84 Å². The number of carboxylic acid groups (broad SMARTS) is 1. The number of rotatable bonds is 5. The predicted octanol–water partition coefficient (Wildman–Crippen LogP) is 2.97. The van der Waals surface area contributed by atoms with Crippen molar-refractivity contribution in [2.24, 2.45) is 5.92 Å². The van der Waals surface area contributed by atoms with Crippen molar-refractivity contribution in [3.8, 4) is 17.0 Å². The summed E-state index contributed by atoms with van der Waals surface area (Å²) < 4.78 is 23.7. The highest BCUT2D eigenvalue weighted by Crippen LogP contribution is 2.34. The summed E-state index contributed by atoms with van der Waals surface area (Å²) >= 11 is 0. The second-order valence-electron chi connectivity index (χ2n) is 4.78. The van der Waals surface area contributed by atoms with Crippen molar-refractivity contribution in [3.63, 3.8) is 0 Å². The smallest absolute Gasteiger partial charge is 0.374 e. The maximum absolute atomic E-state index is 13.4. The van der Waals surface area contributed by atoms with E-state index in [1.54, 1.807) is 0 Å². The van der Waals surface area contributed by atoms with Gasteiger partial charge in [-0.3, -0.25) is 0 Å². The van der Waals surface area contributed by atoms with Crippen LogP contribution in [0.5, 0.6) is 5.75 Å². The Morgan fingerprint density at radius 2 is 2.25 bits per heavy atom. The molecule has 1 aromatic heterocycles. The van der Waals surface area contributed by atoms with Gasteiger partial charge < -0.3 is 14.4 Å². The number of hydrogen-bond acceptors (Lipinski definition) is 4. The molecule has 0 aliphatic heterocycles. The molecule has 1 aliphatic carbocycles. The third kappa shape index (κ3) is 2.64. The van der Waals surface area contributed by atoms with Crippen molar-refractivity contribution in [1.82, 2.24) is 5.16 Å². The summed E-state index contributed by atoms with van der Waals surface area (Å²) in [6.07, 6.45) is 2.29. The summed E-state index contributed by atoms with van der Waals surface area (Å²) in [6, 6.07) is 5.32. The lowest BCUT2D eigenvalue weighted by atomic mass is 10.1. The van der Waals surface area contributed by atoms with Gasteiger partial charge in [0.2, 0.25) is 5.76 Å². The zero-order chi connectivity index (χ0) is 14.1. The molecule has 104 valence electrons. The van der Waals surface area contributed by atoms with Gasteiger partial charge in [-0.25, -0.2) is 9.18 Å². The van der Waals surface area contributed by atoms with Crippen LogP contribution in [0.3, 0.4) is 0 Å². The lowest BCUT2D eigenvalue weighted by Crippen LogP contribution is -2.00. The fourth-order valence-electron chi connectivity index (χ4n) is 1.82. The molecule has 20 heavy (non-hydrogen) atoms. The SMILES string of the molecule is O=C(O)c1cc(-c2cc(F)ccc2OCC2CC2)no1. The van der Waals surface area contributed by atoms with E-state index in [1.165, 1.54) is 24.3 Å². The van der Waals surface area contributed by atoms with Gasteiger partial charge in [0.15, 0.2) is 0 Å². The van der Waals surface area contributed by atoms with Crippen LogP contribution in [0.15, 0.2) is 28.8 Å². The number of nitrogens with zero attached hydrogens (tertiary/aromatic N) is 1. The van der Waals surface area contributed by atoms with Crippen LogP contribution < -0.4 is 4.74 Å². The van der Waals surface area contributed by atoms with Crippen LogP contribution in [-0.4, -0.2) is 22.8 Å². The number of ether oxygens (including phenoxy) is 1. The third-order valence-electron chi connectivity index (χ3n) is 3.11. The molecule has 0 atom stereocenters. The highest BCUT2D eigenvalue weighted by Gasteiger charge is 2.23. The molecular weight excluding hydrogens is 265 g/mol. The Hall–Kier alpha value is -2.37. The highest BCUT2D eigenvalue weighted by atomic mass is 19.1. The average Bonchev–Trinajstić information content (AvgIpc) is 3.11. The first kappa shape index (κ1) is 12.7. The van der Waals surface area contributed by atoms with Crippen molar-refractivity contribution in [2.75, 3.05) is 6.61 Å². The second kappa shape index (κ2) is 4.96. The molecule has 0 saturated heterocycles. The standard InChI is InChI=1S/C14H12FNO4/c15-9-3-4-12(19-7-8-1-2-8)10(5-9)11-6-13(14(17)18)20-16-11/h3-6,8H,1-2,7H2,(H,17,18). The van der Waals surface area contributed by atoms with E-state index in [9.17, 15) is 9.18 Å². The molecule has 3 rings (SSSR count). The molecule has 0 unspecified atom stereocenters. The molecule has 5 nitrogen and oxygen atoms in total. The summed E-state index contributed by atoms with van der Waals surface area (Å²) in [4.78, 5) is 10.8. The number of halogens is 1. The van der Waals surface area contributed by atoms with Crippen molar-refractivity contribution in [1.29, 1.82) is 0 Å². The molecule has 1 aliphatic rings. The van der Waals surface area contributed by atoms with Crippen molar-refractivity contribution < 1.29 is 23.6 Å². The Morgan fingerprint density at radius 1 is 1.45 bits per heavy atom. The Morgan fingerprint density at radius 3 is 2.90 bits per heavy atom. The molecule has 2 aromatic rings. The van der Waals surface area contributed by atoms with Crippen molar-refractivity contribution in [2.45, 2.75) is 12.8 Å². The number of aromatic nitrogens is 1. The zero-order valence-corrected chi connectivity index (χ0v) is 10.5. The zero-order valence-electron chi connectivity index (χ0n) is 10.5. The van der Waals surface area contributed by atoms with E-state index in [1.807, 2.05) is 0 Å². The van der Waals surface area contributed by atoms with E-state index in [-0.39, 0.29) is 11.5 Å². The molecule has 1 saturated carbocycles. The quantitative estimate of drug-likeness (QED) is 0.909. The Labute approximate surface area is 114 Å². The van der Waals surface area contributed by atoms with E-state index in [0.717, 1.165) is 12.8 Å². The van der Waals surface area contributed by atoms with Crippen molar-refractivity contribution in [3.05, 3.63) is 35.8 Å². The molecule has 0 bridgehead atoms. The molecule has 0 radical (unpaired) electrons. The fraction of sp³-hybridized carbons (Fsp3) is 0.286. The maximum Gasteiger partial charge on any atom is 0.374 e. The van der Waals surface area contributed by atoms with E-state index >= 15 is 0 Å². The number of benzene rings is 1. The fourth-order valence-corrected chi connectivity index (χ4v) is 1.82. The Balaban J connectivity index is 1.91. The van der Waals surface area contributed by atoms with Crippen LogP contribution in [-0.2, 0) is 0 Å². The van der Waals surface area contributed by atoms with Crippen LogP contribution in [0.4, 0.5) is 4.39 Å². The summed E-state index contributed by atoms with van der Waals surface area (Å²) in [6.45, 7) is 0.572. The summed E-state index contributed by atoms with van der Waals surface area (Å²) in [5.74, 6) is -0.931. The first-order chi connectivity index (χ1) is 9.63. The Kier molecular flexibility index (Phi) is 3.14. The Bertz CT molecular complexity index is 648. The monoisotopic (exact) mass is 277 g/mol. The predicted molar refractivity (Wildman–Crippen MR) is 67.1 cm³/mol. The van der Waals surface area contributed by atoms with Crippen LogP contribution in [0.25, 0.3) is 11.3 Å². The van der Waals surface area contributed by atoms with Crippen LogP contribution in [0.2, 0.25) is 0 Å². The number of carboxylic acids is 1. The van der Waals surface area contributed by atoms with Gasteiger partial charge in [0.25, 0.3) is 0 Å². The molecule has 1 heterocycles. The van der Waals surface area contributed by atoms with Crippen molar-refractivity contribution >= 4 is 5.97 Å². The minimum Gasteiger partial charge on any atom is -0.493 e. The summed E-state index contributed by atoms with van der Waals surface area (Å²) in [7, 11) is 0. The van der Waals surface area contributed by atoms with Gasteiger partial charge in [0.05, 0.1) is 6.61 Å². The van der Waals surface area contributed by atoms with E-state index in [2.05, 4.69) is 9.68 Å². The normalized spacial score (nSPS) is 14.2. The van der Waals surface area contributed by atoms with Gasteiger partial charge in [0.1, 0.15) is 17.3 Å². The van der Waals surface area contributed by atoms with Crippen LogP contribution in [0, 0.1) is 11.7 Å². The van der Waals surface area contributed by atoms with E-state index < -0.39 is 11.8 Å². The first-order valence-corrected chi connectivity index (χ1v) is 6.26. The third-order valence-corrected chi connectivity index (χ3v) is 3.11. The molecule has 1 fully saturated rings. The van der Waals surface area contributed by atoms with E-state index in [0.29, 0.717) is 23.8 Å². The molecule has 0 spiro atoms. The van der Waals surface area contributed by atoms with Gasteiger partial charge in [-0.1, -0.05) is 5.16 Å². The number of hydrogen-bond donors (Lipinski definition) is 1. The lowest BCUT2D eigenvalue weighted by molar-refractivity contribution is 0.0652. The van der Waals surface area contributed by atoms with Crippen LogP contribution >= 0.6 is 0 Å². The number of aromatic carboxylic acids is 1. The van der Waals surface area contributed by atoms with Crippen LogP contribution in [0.1, 0.15) is 23.4 Å². The topological polar surface area (TPSA) is 72.6 Å². The second-order valence-corrected chi connectivity index (χ2v) is 4.78. The first-order valence-electron chi connectivity index (χ1n) is 6.26. The molecule has 1 aromatic carbocycles. The number of carbonyl (C=O) groups is 1. The molecule has 6 heteroatoms. The summed E-state index contributed by atoms with van der Waals surface area (Å²) in [5, 5.41) is 12.5. The largest absolute Gasteiger partial charge is 0.493 e. The maximum atomic E-state index is 13.4. The van der Waals surface area contributed by atoms with Gasteiger partial charge in [-0.05, 0) is 37.0 Å². The minimum atomic E-state index is -1.22. The lowest BCUT2D eigenvalue weighted by Gasteiger charge is -2.09. The molecular formula is C14H12FNO4. The van der Waals surface area contributed by atoms with Gasteiger partial charge >= 0.3 is 5.97 Å².